The number of hydrazone groups is 1. The number of hydrogen-bond acceptors (Lipinski definition) is 4. The van der Waals surface area contributed by atoms with E-state index in [1.54, 1.807) is 11.3 Å². The fourth-order valence-electron chi connectivity index (χ4n) is 3.67. The molecule has 0 amide bonds. The van der Waals surface area contributed by atoms with Gasteiger partial charge in [0, 0.05) is 26.0 Å². The van der Waals surface area contributed by atoms with Crippen LogP contribution in [0.4, 0.5) is 5.13 Å². The van der Waals surface area contributed by atoms with Crippen molar-refractivity contribution in [2.45, 2.75) is 19.4 Å². The lowest BCUT2D eigenvalue weighted by molar-refractivity contribution is 0.706. The molecule has 1 aliphatic heterocycles. The van der Waals surface area contributed by atoms with Crippen molar-refractivity contribution in [2.24, 2.45) is 5.10 Å². The van der Waals surface area contributed by atoms with Crippen LogP contribution in [0.15, 0.2) is 83.3 Å². The van der Waals surface area contributed by atoms with Gasteiger partial charge >= 0.3 is 0 Å². The summed E-state index contributed by atoms with van der Waals surface area (Å²) in [4.78, 5) is 4.94. The molecule has 0 saturated heterocycles. The first-order chi connectivity index (χ1) is 15.1. The molecule has 31 heavy (non-hydrogen) atoms. The van der Waals surface area contributed by atoms with E-state index in [-0.39, 0.29) is 6.04 Å². The number of aromatic nitrogens is 1. The van der Waals surface area contributed by atoms with Crippen molar-refractivity contribution in [1.29, 1.82) is 0 Å². The summed E-state index contributed by atoms with van der Waals surface area (Å²) in [6.07, 6.45) is 0.823. The molecule has 4 aromatic rings. The SMILES string of the molecule is Cc1ccc(C2=NN(c3nc(-c4ccc(I)cc4)cs3)C(c3ccc(Cl)cc3)C2)cc1. The molecule has 0 saturated carbocycles. The Kier molecular flexibility index (Phi) is 5.82. The van der Waals surface area contributed by atoms with Gasteiger partial charge in [0.15, 0.2) is 0 Å². The second-order valence-electron chi connectivity index (χ2n) is 7.55. The topological polar surface area (TPSA) is 28.5 Å². The molecule has 6 heteroatoms. The number of thiazole rings is 1. The minimum absolute atomic E-state index is 0.0873. The molecule has 1 aromatic heterocycles. The van der Waals surface area contributed by atoms with Crippen LogP contribution in [-0.2, 0) is 0 Å². The lowest BCUT2D eigenvalue weighted by Crippen LogP contribution is -2.18. The van der Waals surface area contributed by atoms with Crippen LogP contribution < -0.4 is 5.01 Å². The van der Waals surface area contributed by atoms with Crippen LogP contribution in [0.1, 0.15) is 29.2 Å². The second-order valence-corrected chi connectivity index (χ2v) is 10.1. The zero-order valence-corrected chi connectivity index (χ0v) is 20.5. The maximum Gasteiger partial charge on any atom is 0.207 e. The van der Waals surface area contributed by atoms with Crippen molar-refractivity contribution in [3.8, 4) is 11.3 Å². The van der Waals surface area contributed by atoms with E-state index in [1.165, 1.54) is 14.7 Å². The summed E-state index contributed by atoms with van der Waals surface area (Å²) in [5, 5.41) is 10.8. The van der Waals surface area contributed by atoms with Crippen molar-refractivity contribution >= 4 is 56.4 Å². The van der Waals surface area contributed by atoms with Gasteiger partial charge < -0.3 is 0 Å². The van der Waals surface area contributed by atoms with Gasteiger partial charge in [-0.3, -0.25) is 0 Å². The maximum absolute atomic E-state index is 6.14. The summed E-state index contributed by atoms with van der Waals surface area (Å²) < 4.78 is 1.21. The van der Waals surface area contributed by atoms with Crippen molar-refractivity contribution in [2.75, 3.05) is 5.01 Å². The van der Waals surface area contributed by atoms with Crippen LogP contribution >= 0.6 is 45.5 Å². The molecule has 3 aromatic carbocycles. The molecule has 0 bridgehead atoms. The molecule has 1 atom stereocenters. The third-order valence-electron chi connectivity index (χ3n) is 5.38. The molecule has 0 N–H and O–H groups in total. The first-order valence-corrected chi connectivity index (χ1v) is 12.3. The van der Waals surface area contributed by atoms with Crippen LogP contribution in [0.5, 0.6) is 0 Å². The molecular weight excluding hydrogens is 537 g/mol. The number of hydrogen-bond donors (Lipinski definition) is 0. The van der Waals surface area contributed by atoms with E-state index in [9.17, 15) is 0 Å². The maximum atomic E-state index is 6.14. The number of benzene rings is 3. The zero-order chi connectivity index (χ0) is 21.4. The minimum atomic E-state index is 0.0873. The fourth-order valence-corrected chi connectivity index (χ4v) is 4.99. The highest BCUT2D eigenvalue weighted by Crippen LogP contribution is 2.39. The molecule has 0 radical (unpaired) electrons. The highest BCUT2D eigenvalue weighted by Gasteiger charge is 2.31. The zero-order valence-electron chi connectivity index (χ0n) is 16.8. The predicted octanol–water partition coefficient (Wildman–Crippen LogP) is 7.73. The molecule has 1 unspecified atom stereocenters. The van der Waals surface area contributed by atoms with Gasteiger partial charge in [0.25, 0.3) is 0 Å². The second kappa shape index (κ2) is 8.73. The van der Waals surface area contributed by atoms with E-state index in [4.69, 9.17) is 21.7 Å². The number of rotatable bonds is 4. The third kappa shape index (κ3) is 4.40. The van der Waals surface area contributed by atoms with Gasteiger partial charge in [-0.05, 0) is 64.9 Å². The van der Waals surface area contributed by atoms with E-state index in [2.05, 4.69) is 101 Å². The summed E-state index contributed by atoms with van der Waals surface area (Å²) in [6.45, 7) is 2.10. The average molecular weight is 556 g/mol. The normalized spacial score (nSPS) is 15.9. The number of aryl methyl sites for hydroxylation is 1. The molecular formula is C25H19ClIN3S. The number of anilines is 1. The molecule has 0 spiro atoms. The summed E-state index contributed by atoms with van der Waals surface area (Å²) >= 11 is 10.1. The van der Waals surface area contributed by atoms with Crippen LogP contribution in [0.25, 0.3) is 11.3 Å². The average Bonchev–Trinajstić information content (AvgIpc) is 3.43. The summed E-state index contributed by atoms with van der Waals surface area (Å²) in [5.41, 5.74) is 6.75. The smallest absolute Gasteiger partial charge is 0.207 e. The predicted molar refractivity (Wildman–Crippen MR) is 139 cm³/mol. The number of nitrogens with zero attached hydrogens (tertiary/aromatic N) is 3. The molecule has 154 valence electrons. The molecule has 5 rings (SSSR count). The van der Waals surface area contributed by atoms with Crippen molar-refractivity contribution in [3.63, 3.8) is 0 Å². The molecule has 2 heterocycles. The summed E-state index contributed by atoms with van der Waals surface area (Å²) in [6, 6.07) is 25.1. The van der Waals surface area contributed by atoms with Crippen molar-refractivity contribution in [3.05, 3.63) is 103 Å². The van der Waals surface area contributed by atoms with Crippen LogP contribution in [0.3, 0.4) is 0 Å². The molecule has 0 aliphatic carbocycles. The fraction of sp³-hybridized carbons (Fsp3) is 0.120. The van der Waals surface area contributed by atoms with Gasteiger partial charge in [-0.2, -0.15) is 5.10 Å². The van der Waals surface area contributed by atoms with Gasteiger partial charge in [-0.1, -0.05) is 65.7 Å². The van der Waals surface area contributed by atoms with Gasteiger partial charge in [0.05, 0.1) is 17.4 Å². The molecule has 3 nitrogen and oxygen atoms in total. The Morgan fingerprint density at radius 2 is 1.61 bits per heavy atom. The largest absolute Gasteiger partial charge is 0.231 e. The summed E-state index contributed by atoms with van der Waals surface area (Å²) in [7, 11) is 0. The van der Waals surface area contributed by atoms with Gasteiger partial charge in [-0.15, -0.1) is 11.3 Å². The van der Waals surface area contributed by atoms with Crippen LogP contribution in [0, 0.1) is 10.5 Å². The lowest BCUT2D eigenvalue weighted by atomic mass is 9.98. The van der Waals surface area contributed by atoms with Gasteiger partial charge in [-0.25, -0.2) is 9.99 Å². The van der Waals surface area contributed by atoms with Crippen molar-refractivity contribution in [1.82, 2.24) is 4.98 Å². The van der Waals surface area contributed by atoms with E-state index in [0.29, 0.717) is 0 Å². The van der Waals surface area contributed by atoms with Crippen molar-refractivity contribution < 1.29 is 0 Å². The highest BCUT2D eigenvalue weighted by molar-refractivity contribution is 14.1. The van der Waals surface area contributed by atoms with E-state index >= 15 is 0 Å². The monoisotopic (exact) mass is 555 g/mol. The van der Waals surface area contributed by atoms with Gasteiger partial charge in [0.1, 0.15) is 0 Å². The van der Waals surface area contributed by atoms with E-state index < -0.39 is 0 Å². The highest BCUT2D eigenvalue weighted by atomic mass is 127. The van der Waals surface area contributed by atoms with Crippen LogP contribution in [0.2, 0.25) is 5.02 Å². The first kappa shape index (κ1) is 20.7. The standard InChI is InChI=1S/C25H19ClIN3S/c1-16-2-4-17(5-3-16)22-14-24(19-6-10-20(26)11-7-19)30(29-22)25-28-23(15-31-25)18-8-12-21(27)13-9-18/h2-13,15,24H,14H2,1H3. The third-order valence-corrected chi connectivity index (χ3v) is 7.18. The van der Waals surface area contributed by atoms with Crippen LogP contribution in [-0.4, -0.2) is 10.7 Å². The lowest BCUT2D eigenvalue weighted by Gasteiger charge is -2.21. The quantitative estimate of drug-likeness (QED) is 0.241. The molecule has 0 fully saturated rings. The first-order valence-electron chi connectivity index (χ1n) is 9.97. The van der Waals surface area contributed by atoms with E-state index in [0.717, 1.165) is 39.1 Å². The Bertz CT molecular complexity index is 1230. The minimum Gasteiger partial charge on any atom is -0.231 e. The Morgan fingerprint density at radius 1 is 0.935 bits per heavy atom. The number of halogens is 2. The van der Waals surface area contributed by atoms with Gasteiger partial charge in [0.2, 0.25) is 5.13 Å². The Morgan fingerprint density at radius 3 is 2.32 bits per heavy atom. The Hall–Kier alpha value is -2.22. The summed E-state index contributed by atoms with van der Waals surface area (Å²) in [5.74, 6) is 0. The van der Waals surface area contributed by atoms with E-state index in [1.807, 2.05) is 12.1 Å². The molecule has 1 aliphatic rings. The Labute approximate surface area is 204 Å². The Balaban J connectivity index is 1.52.